The number of nitrogens with zero attached hydrogens (tertiary/aromatic N) is 1. The Hall–Kier alpha value is -2.20. The molecule has 0 aromatic heterocycles. The fourth-order valence-corrected chi connectivity index (χ4v) is 2.34. The van der Waals surface area contributed by atoms with E-state index in [1.165, 1.54) is 5.56 Å². The predicted molar refractivity (Wildman–Crippen MR) is 93.4 cm³/mol. The fourth-order valence-electron chi connectivity index (χ4n) is 2.11. The lowest BCUT2D eigenvalue weighted by Gasteiger charge is -2.22. The van der Waals surface area contributed by atoms with Crippen molar-refractivity contribution in [3.05, 3.63) is 71.8 Å². The zero-order chi connectivity index (χ0) is 15.8. The summed E-state index contributed by atoms with van der Waals surface area (Å²) >= 11 is 5.36. The van der Waals surface area contributed by atoms with Gasteiger partial charge in [0.15, 0.2) is 0 Å². The summed E-state index contributed by atoms with van der Waals surface area (Å²) in [6.45, 7) is 3.26. The molecule has 0 bridgehead atoms. The summed E-state index contributed by atoms with van der Waals surface area (Å²) in [4.78, 5) is 14.2. The maximum atomic E-state index is 11.8. The third-order valence-corrected chi connectivity index (χ3v) is 3.60. The molecule has 22 heavy (non-hydrogen) atoms. The van der Waals surface area contributed by atoms with Crippen molar-refractivity contribution in [2.75, 3.05) is 6.54 Å². The molecule has 2 aromatic rings. The van der Waals surface area contributed by atoms with E-state index >= 15 is 0 Å². The van der Waals surface area contributed by atoms with Gasteiger partial charge in [-0.05, 0) is 11.1 Å². The van der Waals surface area contributed by atoms with Crippen molar-refractivity contribution < 1.29 is 4.79 Å². The van der Waals surface area contributed by atoms with Crippen LogP contribution in [0, 0.1) is 0 Å². The highest BCUT2D eigenvalue weighted by atomic mass is 32.1. The van der Waals surface area contributed by atoms with E-state index in [4.69, 9.17) is 12.2 Å². The van der Waals surface area contributed by atoms with Crippen LogP contribution >= 0.6 is 12.2 Å². The van der Waals surface area contributed by atoms with Gasteiger partial charge in [-0.2, -0.15) is 0 Å². The van der Waals surface area contributed by atoms with Crippen molar-refractivity contribution in [2.45, 2.75) is 20.0 Å². The van der Waals surface area contributed by atoms with Gasteiger partial charge < -0.3 is 10.2 Å². The summed E-state index contributed by atoms with van der Waals surface area (Å²) in [7, 11) is 0. The highest BCUT2D eigenvalue weighted by Crippen LogP contribution is 2.05. The van der Waals surface area contributed by atoms with Gasteiger partial charge in [-0.3, -0.25) is 4.79 Å². The summed E-state index contributed by atoms with van der Waals surface area (Å²) in [6.07, 6.45) is 0. The van der Waals surface area contributed by atoms with Crippen LogP contribution in [0.25, 0.3) is 0 Å². The minimum Gasteiger partial charge on any atom is -0.374 e. The van der Waals surface area contributed by atoms with E-state index in [1.807, 2.05) is 60.7 Å². The van der Waals surface area contributed by atoms with E-state index in [0.29, 0.717) is 24.6 Å². The van der Waals surface area contributed by atoms with Gasteiger partial charge in [-0.25, -0.2) is 0 Å². The third-order valence-electron chi connectivity index (χ3n) is 3.33. The first-order valence-electron chi connectivity index (χ1n) is 7.25. The normalized spacial score (nSPS) is 10.0. The molecule has 0 fully saturated rings. The van der Waals surface area contributed by atoms with Crippen LogP contribution in [-0.4, -0.2) is 22.3 Å². The maximum absolute atomic E-state index is 11.8. The van der Waals surface area contributed by atoms with E-state index in [1.54, 1.807) is 11.8 Å². The van der Waals surface area contributed by atoms with Crippen molar-refractivity contribution in [1.82, 2.24) is 10.2 Å². The number of carbonyl (C=O) groups excluding carboxylic acids is 1. The summed E-state index contributed by atoms with van der Waals surface area (Å²) in [5.74, 6) is 0.0210. The van der Waals surface area contributed by atoms with Gasteiger partial charge in [-0.1, -0.05) is 72.9 Å². The molecule has 0 heterocycles. The second-order valence-electron chi connectivity index (χ2n) is 5.12. The van der Waals surface area contributed by atoms with Crippen molar-refractivity contribution in [3.63, 3.8) is 0 Å². The Balaban J connectivity index is 1.88. The largest absolute Gasteiger partial charge is 0.374 e. The molecule has 4 heteroatoms. The van der Waals surface area contributed by atoms with Gasteiger partial charge in [0.1, 0.15) is 0 Å². The number of benzene rings is 2. The average Bonchev–Trinajstić information content (AvgIpc) is 2.54. The van der Waals surface area contributed by atoms with E-state index in [-0.39, 0.29) is 5.91 Å². The first-order chi connectivity index (χ1) is 10.6. The summed E-state index contributed by atoms with van der Waals surface area (Å²) in [5.41, 5.74) is 2.27. The van der Waals surface area contributed by atoms with Crippen LogP contribution in [0.3, 0.4) is 0 Å². The van der Waals surface area contributed by atoms with E-state index in [9.17, 15) is 4.79 Å². The third kappa shape index (κ3) is 5.30. The molecular formula is C18H20N2OS. The first kappa shape index (κ1) is 16.2. The van der Waals surface area contributed by atoms with Gasteiger partial charge >= 0.3 is 0 Å². The highest BCUT2D eigenvalue weighted by molar-refractivity contribution is 7.80. The Morgan fingerprint density at radius 1 is 1.00 bits per heavy atom. The number of hydrogen-bond acceptors (Lipinski definition) is 2. The van der Waals surface area contributed by atoms with E-state index in [2.05, 4.69) is 5.32 Å². The molecule has 0 aliphatic rings. The number of thiocarbonyl (C=S) groups is 1. The molecule has 0 aliphatic carbocycles. The Bertz CT molecular complexity index is 613. The van der Waals surface area contributed by atoms with Crippen LogP contribution in [-0.2, 0) is 17.9 Å². The summed E-state index contributed by atoms with van der Waals surface area (Å²) in [6, 6.07) is 20.0. The first-order valence-corrected chi connectivity index (χ1v) is 7.66. The molecule has 0 saturated heterocycles. The Morgan fingerprint density at radius 3 is 2.09 bits per heavy atom. The minimum atomic E-state index is 0.0210. The van der Waals surface area contributed by atoms with E-state index in [0.717, 1.165) is 5.56 Å². The molecule has 114 valence electrons. The molecule has 0 saturated carbocycles. The second kappa shape index (κ2) is 8.29. The van der Waals surface area contributed by atoms with Gasteiger partial charge in [-0.15, -0.1) is 0 Å². The van der Waals surface area contributed by atoms with Crippen LogP contribution in [0.15, 0.2) is 60.7 Å². The monoisotopic (exact) mass is 312 g/mol. The molecule has 0 unspecified atom stereocenters. The standard InChI is InChI=1S/C18H20N2OS/c1-15(21)20(13-17-10-6-3-7-11-17)14-18(22)19-12-16-8-4-2-5-9-16/h2-11H,12-14H2,1H3,(H,19,22). The predicted octanol–water partition coefficient (Wildman–Crippen LogP) is 3.15. The maximum Gasteiger partial charge on any atom is 0.220 e. The Morgan fingerprint density at radius 2 is 1.55 bits per heavy atom. The number of amides is 1. The minimum absolute atomic E-state index is 0.0210. The lowest BCUT2D eigenvalue weighted by molar-refractivity contribution is -0.128. The number of nitrogens with one attached hydrogen (secondary N) is 1. The quantitative estimate of drug-likeness (QED) is 0.832. The lowest BCUT2D eigenvalue weighted by Crippen LogP contribution is -2.38. The van der Waals surface area contributed by atoms with Crippen LogP contribution in [0.4, 0.5) is 0 Å². The van der Waals surface area contributed by atoms with Crippen molar-refractivity contribution in [1.29, 1.82) is 0 Å². The highest BCUT2D eigenvalue weighted by Gasteiger charge is 2.11. The topological polar surface area (TPSA) is 32.3 Å². The van der Waals surface area contributed by atoms with Crippen LogP contribution in [0.1, 0.15) is 18.1 Å². The molecule has 3 nitrogen and oxygen atoms in total. The Labute approximate surface area is 137 Å². The fraction of sp³-hybridized carbons (Fsp3) is 0.222. The zero-order valence-electron chi connectivity index (χ0n) is 12.7. The molecule has 2 aromatic carbocycles. The molecule has 0 aliphatic heterocycles. The number of carbonyl (C=O) groups is 1. The molecule has 0 atom stereocenters. The van der Waals surface area contributed by atoms with E-state index < -0.39 is 0 Å². The SMILES string of the molecule is CC(=O)N(CC(=S)NCc1ccccc1)Cc1ccccc1. The molecule has 0 spiro atoms. The molecule has 1 amide bonds. The average molecular weight is 312 g/mol. The number of hydrogen-bond donors (Lipinski definition) is 1. The molecule has 0 radical (unpaired) electrons. The van der Waals surface area contributed by atoms with Crippen molar-refractivity contribution >= 4 is 23.1 Å². The second-order valence-corrected chi connectivity index (χ2v) is 5.62. The molecular weight excluding hydrogens is 292 g/mol. The van der Waals surface area contributed by atoms with Gasteiger partial charge in [0.25, 0.3) is 0 Å². The number of rotatable bonds is 6. The van der Waals surface area contributed by atoms with Crippen LogP contribution in [0.2, 0.25) is 0 Å². The smallest absolute Gasteiger partial charge is 0.220 e. The van der Waals surface area contributed by atoms with Gasteiger partial charge in [0.05, 0.1) is 11.5 Å². The van der Waals surface area contributed by atoms with Gasteiger partial charge in [0.2, 0.25) is 5.91 Å². The summed E-state index contributed by atoms with van der Waals surface area (Å²) in [5, 5.41) is 3.21. The van der Waals surface area contributed by atoms with Crippen molar-refractivity contribution in [2.24, 2.45) is 0 Å². The lowest BCUT2D eigenvalue weighted by atomic mass is 10.2. The van der Waals surface area contributed by atoms with Gasteiger partial charge in [0, 0.05) is 20.0 Å². The molecule has 1 N–H and O–H groups in total. The summed E-state index contributed by atoms with van der Waals surface area (Å²) < 4.78 is 0. The zero-order valence-corrected chi connectivity index (χ0v) is 13.5. The molecule has 2 rings (SSSR count). The van der Waals surface area contributed by atoms with Crippen molar-refractivity contribution in [3.8, 4) is 0 Å². The van der Waals surface area contributed by atoms with Crippen LogP contribution < -0.4 is 5.32 Å². The Kier molecular flexibility index (Phi) is 6.10. The van der Waals surface area contributed by atoms with Crippen LogP contribution in [0.5, 0.6) is 0 Å².